The van der Waals surface area contributed by atoms with Crippen molar-refractivity contribution in [3.8, 4) is 11.5 Å². The molecule has 1 aliphatic rings. The number of methoxy groups -OCH3 is 1. The van der Waals surface area contributed by atoms with Gasteiger partial charge in [0, 0.05) is 31.9 Å². The molecule has 1 amide bonds. The second kappa shape index (κ2) is 9.45. The molecule has 0 spiro atoms. The number of pyridine rings is 1. The lowest BCUT2D eigenvalue weighted by Gasteiger charge is -2.32. The molecule has 1 aromatic carbocycles. The fraction of sp³-hybridized carbons (Fsp3) is 0.400. The molecule has 2 aromatic rings. The number of ether oxygens (including phenoxy) is 2. The number of amides is 1. The second-order valence-corrected chi connectivity index (χ2v) is 6.56. The quantitative estimate of drug-likeness (QED) is 0.786. The summed E-state index contributed by atoms with van der Waals surface area (Å²) in [4.78, 5) is 19.3. The number of hydrogen-bond donors (Lipinski definition) is 1. The average Bonchev–Trinajstić information content (AvgIpc) is 2.70. The number of para-hydroxylation sites is 1. The van der Waals surface area contributed by atoms with Gasteiger partial charge in [-0.3, -0.25) is 14.7 Å². The molecule has 2 heterocycles. The van der Waals surface area contributed by atoms with Crippen LogP contribution in [0.2, 0.25) is 0 Å². The van der Waals surface area contributed by atoms with Gasteiger partial charge in [-0.2, -0.15) is 8.78 Å². The van der Waals surface area contributed by atoms with E-state index in [0.29, 0.717) is 0 Å². The van der Waals surface area contributed by atoms with Crippen molar-refractivity contribution in [3.63, 3.8) is 0 Å². The fourth-order valence-electron chi connectivity index (χ4n) is 3.29. The van der Waals surface area contributed by atoms with Crippen LogP contribution in [0, 0.1) is 0 Å². The lowest BCUT2D eigenvalue weighted by Crippen LogP contribution is -2.44. The van der Waals surface area contributed by atoms with E-state index >= 15 is 0 Å². The molecular formula is C20H23F2N3O3. The standard InChI is InChI=1S/C20H23F2N3O3/c1-27-17-7-4-6-16(18(17)28-20(21)22)19(26)24-14-8-11-25(12-9-14)13-15-5-2-3-10-23-15/h2-7,10,14,20H,8-9,11-13H2,1H3,(H,24,26). The average molecular weight is 391 g/mol. The number of nitrogens with zero attached hydrogens (tertiary/aromatic N) is 2. The van der Waals surface area contributed by atoms with Gasteiger partial charge in [0.15, 0.2) is 11.5 Å². The normalized spacial score (nSPS) is 15.4. The maximum atomic E-state index is 12.7. The maximum Gasteiger partial charge on any atom is 0.387 e. The highest BCUT2D eigenvalue weighted by molar-refractivity contribution is 5.98. The van der Waals surface area contributed by atoms with E-state index < -0.39 is 12.5 Å². The van der Waals surface area contributed by atoms with Crippen LogP contribution in [0.4, 0.5) is 8.78 Å². The van der Waals surface area contributed by atoms with Crippen LogP contribution in [0.3, 0.4) is 0 Å². The molecular weight excluding hydrogens is 368 g/mol. The van der Waals surface area contributed by atoms with Crippen molar-refractivity contribution in [2.24, 2.45) is 0 Å². The minimum atomic E-state index is -3.04. The Morgan fingerprint density at radius 2 is 2.04 bits per heavy atom. The van der Waals surface area contributed by atoms with Gasteiger partial charge < -0.3 is 14.8 Å². The summed E-state index contributed by atoms with van der Waals surface area (Å²) in [5.41, 5.74) is 1.05. The van der Waals surface area contributed by atoms with E-state index in [1.54, 1.807) is 12.3 Å². The summed E-state index contributed by atoms with van der Waals surface area (Å²) in [6, 6.07) is 10.3. The Morgan fingerprint density at radius 1 is 1.25 bits per heavy atom. The number of carbonyl (C=O) groups excluding carboxylic acids is 1. The highest BCUT2D eigenvalue weighted by Crippen LogP contribution is 2.32. The Kier molecular flexibility index (Phi) is 6.76. The monoisotopic (exact) mass is 391 g/mol. The summed E-state index contributed by atoms with van der Waals surface area (Å²) in [7, 11) is 1.34. The first-order chi connectivity index (χ1) is 13.6. The fourth-order valence-corrected chi connectivity index (χ4v) is 3.29. The van der Waals surface area contributed by atoms with Crippen LogP contribution in [-0.4, -0.2) is 48.6 Å². The molecule has 0 saturated carbocycles. The van der Waals surface area contributed by atoms with E-state index in [-0.39, 0.29) is 23.1 Å². The number of nitrogens with one attached hydrogen (secondary N) is 1. The first-order valence-corrected chi connectivity index (χ1v) is 9.11. The van der Waals surface area contributed by atoms with Crippen LogP contribution in [-0.2, 0) is 6.54 Å². The number of hydrogen-bond acceptors (Lipinski definition) is 5. The Labute approximate surface area is 162 Å². The van der Waals surface area contributed by atoms with Crippen molar-refractivity contribution >= 4 is 5.91 Å². The van der Waals surface area contributed by atoms with Gasteiger partial charge in [0.2, 0.25) is 0 Å². The molecule has 0 aliphatic carbocycles. The van der Waals surface area contributed by atoms with Crippen LogP contribution < -0.4 is 14.8 Å². The zero-order chi connectivity index (χ0) is 19.9. The molecule has 28 heavy (non-hydrogen) atoms. The summed E-state index contributed by atoms with van der Waals surface area (Å²) in [6.07, 6.45) is 3.32. The molecule has 1 aromatic heterocycles. The van der Waals surface area contributed by atoms with Crippen molar-refractivity contribution in [1.29, 1.82) is 0 Å². The summed E-state index contributed by atoms with van der Waals surface area (Å²) < 4.78 is 35.1. The molecule has 0 radical (unpaired) electrons. The number of aromatic nitrogens is 1. The zero-order valence-corrected chi connectivity index (χ0v) is 15.6. The van der Waals surface area contributed by atoms with Gasteiger partial charge in [-0.25, -0.2) is 0 Å². The highest BCUT2D eigenvalue weighted by atomic mass is 19.3. The van der Waals surface area contributed by atoms with Gasteiger partial charge in [0.05, 0.1) is 18.4 Å². The maximum absolute atomic E-state index is 12.7. The van der Waals surface area contributed by atoms with E-state index in [2.05, 4.69) is 19.9 Å². The van der Waals surface area contributed by atoms with Crippen LogP contribution in [0.25, 0.3) is 0 Å². The predicted octanol–water partition coefficient (Wildman–Crippen LogP) is 3.09. The first-order valence-electron chi connectivity index (χ1n) is 9.11. The van der Waals surface area contributed by atoms with Crippen molar-refractivity contribution in [1.82, 2.24) is 15.2 Å². The molecule has 1 saturated heterocycles. The van der Waals surface area contributed by atoms with E-state index in [1.807, 2.05) is 18.2 Å². The molecule has 8 heteroatoms. The van der Waals surface area contributed by atoms with E-state index in [0.717, 1.165) is 38.2 Å². The molecule has 0 bridgehead atoms. The molecule has 150 valence electrons. The molecule has 0 unspecified atom stereocenters. The van der Waals surface area contributed by atoms with Crippen molar-refractivity contribution in [2.45, 2.75) is 32.0 Å². The molecule has 1 fully saturated rings. The Morgan fingerprint density at radius 3 is 2.68 bits per heavy atom. The van der Waals surface area contributed by atoms with Gasteiger partial charge in [0.25, 0.3) is 5.91 Å². The predicted molar refractivity (Wildman–Crippen MR) is 99.6 cm³/mol. The van der Waals surface area contributed by atoms with Gasteiger partial charge in [-0.15, -0.1) is 0 Å². The van der Waals surface area contributed by atoms with Crippen molar-refractivity contribution in [2.75, 3.05) is 20.2 Å². The van der Waals surface area contributed by atoms with Crippen LogP contribution in [0.5, 0.6) is 11.5 Å². The molecule has 6 nitrogen and oxygen atoms in total. The Balaban J connectivity index is 1.59. The number of rotatable bonds is 7. The smallest absolute Gasteiger partial charge is 0.387 e. The Bertz CT molecular complexity index is 782. The van der Waals surface area contributed by atoms with Crippen LogP contribution in [0.1, 0.15) is 28.9 Å². The number of likely N-dealkylation sites (tertiary alicyclic amines) is 1. The van der Waals surface area contributed by atoms with Gasteiger partial charge in [-0.05, 0) is 37.1 Å². The number of alkyl halides is 2. The lowest BCUT2D eigenvalue weighted by molar-refractivity contribution is -0.0515. The molecule has 0 atom stereocenters. The lowest BCUT2D eigenvalue weighted by atomic mass is 10.0. The van der Waals surface area contributed by atoms with E-state index in [9.17, 15) is 13.6 Å². The second-order valence-electron chi connectivity index (χ2n) is 6.56. The summed E-state index contributed by atoms with van der Waals surface area (Å²) >= 11 is 0. The van der Waals surface area contributed by atoms with E-state index in [1.165, 1.54) is 19.2 Å². The molecule has 3 rings (SSSR count). The number of carbonyl (C=O) groups is 1. The van der Waals surface area contributed by atoms with Crippen LogP contribution >= 0.6 is 0 Å². The third-order valence-corrected chi connectivity index (χ3v) is 4.68. The highest BCUT2D eigenvalue weighted by Gasteiger charge is 2.25. The first kappa shape index (κ1) is 20.0. The topological polar surface area (TPSA) is 63.7 Å². The van der Waals surface area contributed by atoms with Gasteiger partial charge >= 0.3 is 6.61 Å². The van der Waals surface area contributed by atoms with Crippen molar-refractivity contribution in [3.05, 3.63) is 53.9 Å². The third kappa shape index (κ3) is 5.16. The largest absolute Gasteiger partial charge is 0.493 e. The van der Waals surface area contributed by atoms with Crippen molar-refractivity contribution < 1.29 is 23.0 Å². The molecule has 1 N–H and O–H groups in total. The summed E-state index contributed by atoms with van der Waals surface area (Å²) in [5, 5.41) is 2.92. The van der Waals surface area contributed by atoms with Gasteiger partial charge in [0.1, 0.15) is 0 Å². The zero-order valence-electron chi connectivity index (χ0n) is 15.6. The minimum Gasteiger partial charge on any atom is -0.493 e. The summed E-state index contributed by atoms with van der Waals surface area (Å²) in [6.45, 7) is -0.637. The van der Waals surface area contributed by atoms with Crippen LogP contribution in [0.15, 0.2) is 42.6 Å². The Hall–Kier alpha value is -2.74. The summed E-state index contributed by atoms with van der Waals surface area (Å²) in [5.74, 6) is -0.596. The van der Waals surface area contributed by atoms with E-state index in [4.69, 9.17) is 4.74 Å². The van der Waals surface area contributed by atoms with Gasteiger partial charge in [-0.1, -0.05) is 12.1 Å². The molecule has 1 aliphatic heterocycles. The minimum absolute atomic E-state index is 0.0296. The SMILES string of the molecule is COc1cccc(C(=O)NC2CCN(Cc3ccccn3)CC2)c1OC(F)F. The number of benzene rings is 1. The number of halogens is 2. The third-order valence-electron chi connectivity index (χ3n) is 4.68. The number of piperidine rings is 1.